The van der Waals surface area contributed by atoms with Crippen LogP contribution in [0, 0.1) is 6.92 Å². The lowest BCUT2D eigenvalue weighted by atomic mass is 9.74. The van der Waals surface area contributed by atoms with Crippen molar-refractivity contribution in [2.24, 2.45) is 0 Å². The van der Waals surface area contributed by atoms with E-state index in [0.717, 1.165) is 12.0 Å². The highest BCUT2D eigenvalue weighted by molar-refractivity contribution is 5.31. The summed E-state index contributed by atoms with van der Waals surface area (Å²) in [6.45, 7) is 5.67. The molecule has 0 saturated heterocycles. The average molecular weight is 217 g/mol. The second-order valence-corrected chi connectivity index (χ2v) is 5.03. The Hall–Kier alpha value is -0.820. The zero-order valence-electron chi connectivity index (χ0n) is 10.5. The summed E-state index contributed by atoms with van der Waals surface area (Å²) in [5, 5.41) is 3.64. The van der Waals surface area contributed by atoms with Gasteiger partial charge in [-0.1, -0.05) is 37.6 Å². The molecule has 1 aliphatic rings. The Labute approximate surface area is 99.3 Å². The van der Waals surface area contributed by atoms with Crippen molar-refractivity contribution >= 4 is 0 Å². The van der Waals surface area contributed by atoms with Gasteiger partial charge < -0.3 is 5.32 Å². The summed E-state index contributed by atoms with van der Waals surface area (Å²) in [5.41, 5.74) is 3.02. The molecule has 0 unspecified atom stereocenters. The molecule has 0 aliphatic heterocycles. The minimum Gasteiger partial charge on any atom is -0.314 e. The van der Waals surface area contributed by atoms with Crippen LogP contribution in [-0.4, -0.2) is 12.6 Å². The monoisotopic (exact) mass is 217 g/mol. The van der Waals surface area contributed by atoms with Crippen LogP contribution in [0.3, 0.4) is 0 Å². The quantitative estimate of drug-likeness (QED) is 0.743. The zero-order chi connectivity index (χ0) is 11.4. The van der Waals surface area contributed by atoms with Gasteiger partial charge in [-0.15, -0.1) is 0 Å². The van der Waals surface area contributed by atoms with Gasteiger partial charge in [0.1, 0.15) is 0 Å². The number of benzene rings is 1. The first-order valence-electron chi connectivity index (χ1n) is 6.60. The number of nitrogens with one attached hydrogen (secondary N) is 1. The number of aryl methyl sites for hydroxylation is 1. The summed E-state index contributed by atoms with van der Waals surface area (Å²) in [4.78, 5) is 0. The van der Waals surface area contributed by atoms with Gasteiger partial charge in [-0.05, 0) is 49.8 Å². The van der Waals surface area contributed by atoms with Gasteiger partial charge in [-0.3, -0.25) is 0 Å². The molecule has 88 valence electrons. The van der Waals surface area contributed by atoms with Crippen molar-refractivity contribution in [1.29, 1.82) is 0 Å². The molecular formula is C15H23N. The third-order valence-electron chi connectivity index (χ3n) is 3.73. The van der Waals surface area contributed by atoms with E-state index in [-0.39, 0.29) is 0 Å². The highest BCUT2D eigenvalue weighted by Crippen LogP contribution is 2.38. The predicted molar refractivity (Wildman–Crippen MR) is 69.9 cm³/mol. The molecule has 0 bridgehead atoms. The number of rotatable bonds is 5. The molecule has 0 atom stereocenters. The van der Waals surface area contributed by atoms with E-state index < -0.39 is 0 Å². The van der Waals surface area contributed by atoms with E-state index in [4.69, 9.17) is 0 Å². The number of hydrogen-bond acceptors (Lipinski definition) is 1. The molecule has 1 fully saturated rings. The van der Waals surface area contributed by atoms with E-state index in [1.54, 1.807) is 5.56 Å². The van der Waals surface area contributed by atoms with Gasteiger partial charge in [-0.25, -0.2) is 0 Å². The Bertz CT molecular complexity index is 326. The standard InChI is InChI=1S/C15H23N/c1-3-4-9-16-14-10-13(11-14)15-8-6-5-7-12(15)2/h5-8,13-14,16H,3-4,9-11H2,1-2H3. The van der Waals surface area contributed by atoms with Crippen molar-refractivity contribution in [1.82, 2.24) is 5.32 Å². The van der Waals surface area contributed by atoms with Crippen LogP contribution >= 0.6 is 0 Å². The molecule has 0 heterocycles. The molecule has 0 amide bonds. The first-order valence-corrected chi connectivity index (χ1v) is 6.60. The maximum absolute atomic E-state index is 3.64. The van der Waals surface area contributed by atoms with Crippen molar-refractivity contribution in [3.8, 4) is 0 Å². The Kier molecular flexibility index (Phi) is 4.00. The summed E-state index contributed by atoms with van der Waals surface area (Å²) in [6, 6.07) is 9.60. The molecule has 0 radical (unpaired) electrons. The van der Waals surface area contributed by atoms with E-state index in [9.17, 15) is 0 Å². The van der Waals surface area contributed by atoms with E-state index in [0.29, 0.717) is 0 Å². The van der Waals surface area contributed by atoms with Gasteiger partial charge >= 0.3 is 0 Å². The number of unbranched alkanes of at least 4 members (excludes halogenated alkanes) is 1. The van der Waals surface area contributed by atoms with E-state index in [1.807, 2.05) is 0 Å². The molecule has 0 spiro atoms. The minimum absolute atomic E-state index is 0.774. The normalized spacial score (nSPS) is 24.1. The maximum atomic E-state index is 3.64. The fourth-order valence-electron chi connectivity index (χ4n) is 2.57. The molecule has 0 aromatic heterocycles. The molecule has 16 heavy (non-hydrogen) atoms. The highest BCUT2D eigenvalue weighted by Gasteiger charge is 2.30. The van der Waals surface area contributed by atoms with Gasteiger partial charge in [0.25, 0.3) is 0 Å². The smallest absolute Gasteiger partial charge is 0.00787 e. The molecule has 1 aromatic carbocycles. The largest absolute Gasteiger partial charge is 0.314 e. The zero-order valence-corrected chi connectivity index (χ0v) is 10.5. The second-order valence-electron chi connectivity index (χ2n) is 5.03. The van der Waals surface area contributed by atoms with Crippen LogP contribution in [0.4, 0.5) is 0 Å². The molecule has 1 heteroatoms. The molecular weight excluding hydrogens is 194 g/mol. The van der Waals surface area contributed by atoms with E-state index in [1.165, 1.54) is 37.8 Å². The van der Waals surface area contributed by atoms with Crippen molar-refractivity contribution < 1.29 is 0 Å². The van der Waals surface area contributed by atoms with Crippen molar-refractivity contribution in [2.45, 2.75) is 51.5 Å². The fourth-order valence-corrected chi connectivity index (χ4v) is 2.57. The molecule has 1 aliphatic carbocycles. The Morgan fingerprint density at radius 3 is 2.69 bits per heavy atom. The van der Waals surface area contributed by atoms with Gasteiger partial charge in [-0.2, -0.15) is 0 Å². The first-order chi connectivity index (χ1) is 7.81. The fraction of sp³-hybridized carbons (Fsp3) is 0.600. The second kappa shape index (κ2) is 5.49. The highest BCUT2D eigenvalue weighted by atomic mass is 14.9. The van der Waals surface area contributed by atoms with Crippen LogP contribution in [0.2, 0.25) is 0 Å². The van der Waals surface area contributed by atoms with E-state index >= 15 is 0 Å². The van der Waals surface area contributed by atoms with Gasteiger partial charge in [0.05, 0.1) is 0 Å². The summed E-state index contributed by atoms with van der Waals surface area (Å²) in [6.07, 6.45) is 5.26. The van der Waals surface area contributed by atoms with Crippen molar-refractivity contribution in [3.63, 3.8) is 0 Å². The van der Waals surface area contributed by atoms with Crippen molar-refractivity contribution in [2.75, 3.05) is 6.54 Å². The van der Waals surface area contributed by atoms with Gasteiger partial charge in [0.2, 0.25) is 0 Å². The summed E-state index contributed by atoms with van der Waals surface area (Å²) in [7, 11) is 0. The van der Waals surface area contributed by atoms with Crippen LogP contribution in [0.25, 0.3) is 0 Å². The molecule has 1 saturated carbocycles. The predicted octanol–water partition coefficient (Wildman–Crippen LogP) is 3.63. The van der Waals surface area contributed by atoms with Crippen LogP contribution < -0.4 is 5.32 Å². The third-order valence-corrected chi connectivity index (χ3v) is 3.73. The van der Waals surface area contributed by atoms with Crippen LogP contribution in [0.5, 0.6) is 0 Å². The average Bonchev–Trinajstić information content (AvgIpc) is 2.23. The summed E-state index contributed by atoms with van der Waals surface area (Å²) >= 11 is 0. The molecule has 1 nitrogen and oxygen atoms in total. The molecule has 1 aromatic rings. The lowest BCUT2D eigenvalue weighted by Crippen LogP contribution is -2.40. The van der Waals surface area contributed by atoms with Gasteiger partial charge in [0, 0.05) is 6.04 Å². The number of hydrogen-bond donors (Lipinski definition) is 1. The van der Waals surface area contributed by atoms with Gasteiger partial charge in [0.15, 0.2) is 0 Å². The van der Waals surface area contributed by atoms with Crippen LogP contribution in [-0.2, 0) is 0 Å². The summed E-state index contributed by atoms with van der Waals surface area (Å²) < 4.78 is 0. The first kappa shape index (κ1) is 11.7. The SMILES string of the molecule is CCCCNC1CC(c2ccccc2C)C1. The van der Waals surface area contributed by atoms with E-state index in [2.05, 4.69) is 43.4 Å². The molecule has 1 N–H and O–H groups in total. The Morgan fingerprint density at radius 2 is 2.00 bits per heavy atom. The van der Waals surface area contributed by atoms with Crippen LogP contribution in [0.15, 0.2) is 24.3 Å². The van der Waals surface area contributed by atoms with Crippen molar-refractivity contribution in [3.05, 3.63) is 35.4 Å². The maximum Gasteiger partial charge on any atom is 0.00787 e. The third kappa shape index (κ3) is 2.65. The Morgan fingerprint density at radius 1 is 1.25 bits per heavy atom. The topological polar surface area (TPSA) is 12.0 Å². The lowest BCUT2D eigenvalue weighted by molar-refractivity contribution is 0.290. The summed E-state index contributed by atoms with van der Waals surface area (Å²) in [5.74, 6) is 0.806. The molecule has 2 rings (SSSR count). The lowest BCUT2D eigenvalue weighted by Gasteiger charge is -2.37. The minimum atomic E-state index is 0.774. The van der Waals surface area contributed by atoms with Crippen LogP contribution in [0.1, 0.15) is 49.7 Å². The Balaban J connectivity index is 1.78.